The molecule has 19 heavy (non-hydrogen) atoms. The third-order valence-corrected chi connectivity index (χ3v) is 3.10. The Balaban J connectivity index is 1.95. The Hall–Kier alpha value is -1.65. The minimum absolute atomic E-state index is 0.664. The van der Waals surface area contributed by atoms with Gasteiger partial charge in [0.2, 0.25) is 0 Å². The van der Waals surface area contributed by atoms with E-state index in [0.29, 0.717) is 5.11 Å². The van der Waals surface area contributed by atoms with E-state index in [1.807, 2.05) is 32.3 Å². The van der Waals surface area contributed by atoms with Gasteiger partial charge < -0.3 is 15.5 Å². The zero-order valence-corrected chi connectivity index (χ0v) is 12.1. The molecule has 0 saturated heterocycles. The number of hydrogen-bond donors (Lipinski definition) is 2. The molecule has 2 N–H and O–H groups in total. The van der Waals surface area contributed by atoms with Gasteiger partial charge in [-0.15, -0.1) is 0 Å². The van der Waals surface area contributed by atoms with Gasteiger partial charge in [0.25, 0.3) is 0 Å². The van der Waals surface area contributed by atoms with Crippen LogP contribution in [-0.4, -0.2) is 37.2 Å². The molecule has 2 aromatic carbocycles. The van der Waals surface area contributed by atoms with E-state index in [1.165, 1.54) is 10.8 Å². The van der Waals surface area contributed by atoms with Crippen molar-refractivity contribution in [2.24, 2.45) is 0 Å². The highest BCUT2D eigenvalue weighted by Gasteiger charge is 1.99. The summed E-state index contributed by atoms with van der Waals surface area (Å²) in [6.07, 6.45) is 0. The summed E-state index contributed by atoms with van der Waals surface area (Å²) in [5.41, 5.74) is 1.01. The van der Waals surface area contributed by atoms with Crippen molar-refractivity contribution < 1.29 is 0 Å². The predicted molar refractivity (Wildman–Crippen MR) is 86.7 cm³/mol. The average Bonchev–Trinajstić information content (AvgIpc) is 2.38. The van der Waals surface area contributed by atoms with Gasteiger partial charge in [0.05, 0.1) is 0 Å². The van der Waals surface area contributed by atoms with E-state index in [1.54, 1.807) is 0 Å². The van der Waals surface area contributed by atoms with Gasteiger partial charge in [0.15, 0.2) is 5.11 Å². The monoisotopic (exact) mass is 273 g/mol. The highest BCUT2D eigenvalue weighted by Crippen LogP contribution is 2.18. The molecule has 0 spiro atoms. The number of hydrogen-bond acceptors (Lipinski definition) is 2. The fraction of sp³-hybridized carbons (Fsp3) is 0.267. The molecule has 2 aromatic rings. The van der Waals surface area contributed by atoms with E-state index in [-0.39, 0.29) is 0 Å². The lowest BCUT2D eigenvalue weighted by atomic mass is 10.1. The van der Waals surface area contributed by atoms with Crippen LogP contribution in [0.1, 0.15) is 0 Å². The van der Waals surface area contributed by atoms with Crippen molar-refractivity contribution in [3.63, 3.8) is 0 Å². The Morgan fingerprint density at radius 3 is 2.58 bits per heavy atom. The van der Waals surface area contributed by atoms with Crippen molar-refractivity contribution in [1.29, 1.82) is 0 Å². The first-order chi connectivity index (χ1) is 9.15. The summed E-state index contributed by atoms with van der Waals surface area (Å²) in [7, 11) is 4.09. The SMILES string of the molecule is CN(C)CCNC(=S)Nc1ccc2ccccc2c1. The summed E-state index contributed by atoms with van der Waals surface area (Å²) >= 11 is 5.27. The largest absolute Gasteiger partial charge is 0.361 e. The normalized spacial score (nSPS) is 10.7. The number of thiocarbonyl (C=S) groups is 1. The van der Waals surface area contributed by atoms with E-state index in [2.05, 4.69) is 39.8 Å². The molecule has 3 nitrogen and oxygen atoms in total. The fourth-order valence-corrected chi connectivity index (χ4v) is 2.06. The summed E-state index contributed by atoms with van der Waals surface area (Å²) in [6, 6.07) is 14.5. The highest BCUT2D eigenvalue weighted by atomic mass is 32.1. The second-order valence-corrected chi connectivity index (χ2v) is 5.15. The molecule has 4 heteroatoms. The summed E-state index contributed by atoms with van der Waals surface area (Å²) in [5, 5.41) is 9.51. The summed E-state index contributed by atoms with van der Waals surface area (Å²) in [5.74, 6) is 0. The molecule has 0 radical (unpaired) electrons. The maximum absolute atomic E-state index is 5.27. The summed E-state index contributed by atoms with van der Waals surface area (Å²) in [6.45, 7) is 1.80. The van der Waals surface area contributed by atoms with Crippen LogP contribution in [-0.2, 0) is 0 Å². The van der Waals surface area contributed by atoms with Crippen molar-refractivity contribution in [3.8, 4) is 0 Å². The Morgan fingerprint density at radius 1 is 1.11 bits per heavy atom. The van der Waals surface area contributed by atoms with Crippen LogP contribution in [0, 0.1) is 0 Å². The summed E-state index contributed by atoms with van der Waals surface area (Å²) in [4.78, 5) is 2.12. The molecule has 0 fully saturated rings. The van der Waals surface area contributed by atoms with Gasteiger partial charge >= 0.3 is 0 Å². The molecule has 0 unspecified atom stereocenters. The lowest BCUT2D eigenvalue weighted by Gasteiger charge is -2.13. The topological polar surface area (TPSA) is 27.3 Å². The van der Waals surface area contributed by atoms with Gasteiger partial charge in [0, 0.05) is 18.8 Å². The van der Waals surface area contributed by atoms with Crippen molar-refractivity contribution in [3.05, 3.63) is 42.5 Å². The number of nitrogens with one attached hydrogen (secondary N) is 2. The van der Waals surface area contributed by atoms with Crippen molar-refractivity contribution >= 4 is 33.8 Å². The first-order valence-corrected chi connectivity index (χ1v) is 6.74. The number of likely N-dealkylation sites (N-methyl/N-ethyl adjacent to an activating group) is 1. The molecule has 0 aromatic heterocycles. The number of rotatable bonds is 4. The van der Waals surface area contributed by atoms with Gasteiger partial charge in [-0.05, 0) is 49.2 Å². The third kappa shape index (κ3) is 4.19. The Bertz CT molecular complexity index is 566. The number of benzene rings is 2. The van der Waals surface area contributed by atoms with Crippen LogP contribution in [0.15, 0.2) is 42.5 Å². The molecule has 0 aliphatic heterocycles. The van der Waals surface area contributed by atoms with Gasteiger partial charge in [0.1, 0.15) is 0 Å². The molecule has 100 valence electrons. The van der Waals surface area contributed by atoms with Crippen LogP contribution in [0.2, 0.25) is 0 Å². The molecule has 0 aliphatic carbocycles. The Kier molecular flexibility index (Phi) is 4.71. The van der Waals surface area contributed by atoms with Gasteiger partial charge in [-0.3, -0.25) is 0 Å². The zero-order valence-electron chi connectivity index (χ0n) is 11.3. The molecular formula is C15H19N3S. The first kappa shape index (κ1) is 13.8. The van der Waals surface area contributed by atoms with Crippen molar-refractivity contribution in [2.75, 3.05) is 32.5 Å². The number of nitrogens with zero attached hydrogens (tertiary/aromatic N) is 1. The highest BCUT2D eigenvalue weighted by molar-refractivity contribution is 7.80. The van der Waals surface area contributed by atoms with E-state index in [0.717, 1.165) is 18.8 Å². The lowest BCUT2D eigenvalue weighted by molar-refractivity contribution is 0.413. The molecule has 0 heterocycles. The zero-order chi connectivity index (χ0) is 13.7. The first-order valence-electron chi connectivity index (χ1n) is 6.33. The molecule has 0 aliphatic rings. The van der Waals surface area contributed by atoms with Gasteiger partial charge in [-0.1, -0.05) is 30.3 Å². The quantitative estimate of drug-likeness (QED) is 0.838. The Labute approximate surface area is 119 Å². The van der Waals surface area contributed by atoms with Gasteiger partial charge in [-0.2, -0.15) is 0 Å². The second kappa shape index (κ2) is 6.50. The van der Waals surface area contributed by atoms with Crippen LogP contribution < -0.4 is 10.6 Å². The lowest BCUT2D eigenvalue weighted by Crippen LogP contribution is -2.34. The van der Waals surface area contributed by atoms with Crippen LogP contribution in [0.4, 0.5) is 5.69 Å². The molecule has 0 atom stereocenters. The van der Waals surface area contributed by atoms with Crippen LogP contribution in [0.25, 0.3) is 10.8 Å². The average molecular weight is 273 g/mol. The van der Waals surface area contributed by atoms with Crippen molar-refractivity contribution in [2.45, 2.75) is 0 Å². The van der Waals surface area contributed by atoms with Crippen LogP contribution in [0.3, 0.4) is 0 Å². The maximum Gasteiger partial charge on any atom is 0.170 e. The number of fused-ring (bicyclic) bond motifs is 1. The van der Waals surface area contributed by atoms with Crippen LogP contribution in [0.5, 0.6) is 0 Å². The molecular weight excluding hydrogens is 254 g/mol. The summed E-state index contributed by atoms with van der Waals surface area (Å²) < 4.78 is 0. The molecule has 2 rings (SSSR count). The van der Waals surface area contributed by atoms with Crippen molar-refractivity contribution in [1.82, 2.24) is 10.2 Å². The van der Waals surface area contributed by atoms with Gasteiger partial charge in [-0.25, -0.2) is 0 Å². The number of anilines is 1. The predicted octanol–water partition coefficient (Wildman–Crippen LogP) is 2.69. The molecule has 0 amide bonds. The van der Waals surface area contributed by atoms with E-state index < -0.39 is 0 Å². The minimum Gasteiger partial charge on any atom is -0.361 e. The van der Waals surface area contributed by atoms with E-state index >= 15 is 0 Å². The fourth-order valence-electron chi connectivity index (χ4n) is 1.84. The van der Waals surface area contributed by atoms with E-state index in [4.69, 9.17) is 12.2 Å². The van der Waals surface area contributed by atoms with E-state index in [9.17, 15) is 0 Å². The van der Waals surface area contributed by atoms with Crippen LogP contribution >= 0.6 is 12.2 Å². The second-order valence-electron chi connectivity index (χ2n) is 4.75. The Morgan fingerprint density at radius 2 is 1.84 bits per heavy atom. The smallest absolute Gasteiger partial charge is 0.170 e. The standard InChI is InChI=1S/C15H19N3S/c1-18(2)10-9-16-15(19)17-14-8-7-12-5-3-4-6-13(12)11-14/h3-8,11H,9-10H2,1-2H3,(H2,16,17,19). The molecule has 0 bridgehead atoms. The third-order valence-electron chi connectivity index (χ3n) is 2.85. The maximum atomic E-state index is 5.27. The molecule has 0 saturated carbocycles. The minimum atomic E-state index is 0.664.